The van der Waals surface area contributed by atoms with Crippen LogP contribution in [0.15, 0.2) is 65.7 Å². The summed E-state index contributed by atoms with van der Waals surface area (Å²) in [6.45, 7) is 3.37. The number of hydrogen-bond donors (Lipinski definition) is 3. The van der Waals surface area contributed by atoms with E-state index >= 15 is 0 Å². The van der Waals surface area contributed by atoms with Crippen LogP contribution in [-0.2, 0) is 23.0 Å². The van der Waals surface area contributed by atoms with Gasteiger partial charge in [-0.25, -0.2) is 18.5 Å². The highest BCUT2D eigenvalue weighted by Crippen LogP contribution is 2.11. The zero-order valence-electron chi connectivity index (χ0n) is 15.6. The van der Waals surface area contributed by atoms with E-state index in [1.807, 2.05) is 0 Å². The summed E-state index contributed by atoms with van der Waals surface area (Å²) in [5, 5.41) is 11.6. The molecule has 7 nitrogen and oxygen atoms in total. The molecule has 2 aromatic carbocycles. The Bertz CT molecular complexity index is 1020. The molecule has 0 aliphatic rings. The normalized spacial score (nSPS) is 11.2. The van der Waals surface area contributed by atoms with Crippen LogP contribution in [0.1, 0.15) is 16.7 Å². The molecule has 3 aromatic rings. The average molecular weight is 398 g/mol. The SMILES string of the molecule is Cc1ccc(CNc2nccc(NCCc3ccc(S(N)(=O)=O)cc3)n2)cc1. The van der Waals surface area contributed by atoms with E-state index in [4.69, 9.17) is 5.14 Å². The van der Waals surface area contributed by atoms with Crippen LogP contribution in [-0.4, -0.2) is 24.9 Å². The molecule has 146 valence electrons. The summed E-state index contributed by atoms with van der Waals surface area (Å²) in [5.41, 5.74) is 3.40. The Kier molecular flexibility index (Phi) is 6.23. The molecule has 0 aliphatic heterocycles. The maximum absolute atomic E-state index is 11.3. The fourth-order valence-corrected chi connectivity index (χ4v) is 3.13. The Morgan fingerprint density at radius 3 is 2.29 bits per heavy atom. The number of hydrogen-bond acceptors (Lipinski definition) is 6. The van der Waals surface area contributed by atoms with Gasteiger partial charge in [-0.15, -0.1) is 0 Å². The van der Waals surface area contributed by atoms with Crippen LogP contribution in [0, 0.1) is 6.92 Å². The van der Waals surface area contributed by atoms with Crippen LogP contribution in [0.25, 0.3) is 0 Å². The molecule has 1 aromatic heterocycles. The fraction of sp³-hybridized carbons (Fsp3) is 0.200. The predicted molar refractivity (Wildman–Crippen MR) is 111 cm³/mol. The number of nitrogens with zero attached hydrogens (tertiary/aromatic N) is 2. The molecule has 1 heterocycles. The van der Waals surface area contributed by atoms with Crippen molar-refractivity contribution >= 4 is 21.8 Å². The number of nitrogens with two attached hydrogens (primary N) is 1. The van der Waals surface area contributed by atoms with Crippen molar-refractivity contribution in [3.63, 3.8) is 0 Å². The van der Waals surface area contributed by atoms with Crippen molar-refractivity contribution in [1.29, 1.82) is 0 Å². The Morgan fingerprint density at radius 1 is 0.929 bits per heavy atom. The Morgan fingerprint density at radius 2 is 1.61 bits per heavy atom. The van der Waals surface area contributed by atoms with Crippen molar-refractivity contribution in [3.05, 3.63) is 77.5 Å². The number of anilines is 2. The summed E-state index contributed by atoms with van der Waals surface area (Å²) in [4.78, 5) is 8.81. The van der Waals surface area contributed by atoms with Crippen molar-refractivity contribution in [1.82, 2.24) is 9.97 Å². The minimum atomic E-state index is -3.66. The van der Waals surface area contributed by atoms with E-state index in [1.165, 1.54) is 17.7 Å². The quantitative estimate of drug-likeness (QED) is 0.539. The second kappa shape index (κ2) is 8.81. The summed E-state index contributed by atoms with van der Waals surface area (Å²) in [5.74, 6) is 1.28. The van der Waals surface area contributed by atoms with Gasteiger partial charge in [-0.05, 0) is 42.7 Å². The molecule has 0 bridgehead atoms. The summed E-state index contributed by atoms with van der Waals surface area (Å²) in [6, 6.07) is 16.7. The standard InChI is InChI=1S/C20H23N5O2S/c1-15-2-4-17(5-3-15)14-24-20-23-13-11-19(25-20)22-12-10-16-6-8-18(9-7-16)28(21,26)27/h2-9,11,13H,10,12,14H2,1H3,(H2,21,26,27)(H2,22,23,24,25). The second-order valence-electron chi connectivity index (χ2n) is 6.47. The monoisotopic (exact) mass is 397 g/mol. The first-order valence-corrected chi connectivity index (χ1v) is 10.4. The number of rotatable bonds is 8. The minimum absolute atomic E-state index is 0.115. The Balaban J connectivity index is 1.51. The highest BCUT2D eigenvalue weighted by molar-refractivity contribution is 7.89. The first-order valence-electron chi connectivity index (χ1n) is 8.88. The van der Waals surface area contributed by atoms with Crippen LogP contribution < -0.4 is 15.8 Å². The molecule has 8 heteroatoms. The third-order valence-corrected chi connectivity index (χ3v) is 5.13. The summed E-state index contributed by atoms with van der Waals surface area (Å²) in [6.07, 6.45) is 2.43. The van der Waals surface area contributed by atoms with Gasteiger partial charge in [-0.3, -0.25) is 0 Å². The number of primary sulfonamides is 1. The molecule has 3 rings (SSSR count). The van der Waals surface area contributed by atoms with Gasteiger partial charge in [-0.1, -0.05) is 42.0 Å². The summed E-state index contributed by atoms with van der Waals surface area (Å²) >= 11 is 0. The van der Waals surface area contributed by atoms with Crippen LogP contribution in [0.2, 0.25) is 0 Å². The fourth-order valence-electron chi connectivity index (χ4n) is 2.61. The van der Waals surface area contributed by atoms with Crippen molar-refractivity contribution in [2.45, 2.75) is 24.8 Å². The smallest absolute Gasteiger partial charge is 0.238 e. The molecule has 4 N–H and O–H groups in total. The minimum Gasteiger partial charge on any atom is -0.370 e. The molecule has 0 saturated heterocycles. The highest BCUT2D eigenvalue weighted by Gasteiger charge is 2.06. The number of nitrogens with one attached hydrogen (secondary N) is 2. The number of aromatic nitrogens is 2. The van der Waals surface area contributed by atoms with Crippen LogP contribution in [0.5, 0.6) is 0 Å². The zero-order chi connectivity index (χ0) is 20.0. The van der Waals surface area contributed by atoms with Gasteiger partial charge >= 0.3 is 0 Å². The van der Waals surface area contributed by atoms with E-state index in [-0.39, 0.29) is 4.90 Å². The molecular formula is C20H23N5O2S. The van der Waals surface area contributed by atoms with Gasteiger partial charge in [0.15, 0.2) is 0 Å². The van der Waals surface area contributed by atoms with Crippen LogP contribution in [0.4, 0.5) is 11.8 Å². The number of sulfonamides is 1. The van der Waals surface area contributed by atoms with Crippen molar-refractivity contribution < 1.29 is 8.42 Å². The topological polar surface area (TPSA) is 110 Å². The lowest BCUT2D eigenvalue weighted by Crippen LogP contribution is -2.12. The maximum Gasteiger partial charge on any atom is 0.238 e. The molecule has 0 amide bonds. The molecule has 0 saturated carbocycles. The molecule has 0 fully saturated rings. The zero-order valence-corrected chi connectivity index (χ0v) is 16.4. The van der Waals surface area contributed by atoms with Gasteiger partial charge in [0.2, 0.25) is 16.0 Å². The molecule has 0 radical (unpaired) electrons. The van der Waals surface area contributed by atoms with Gasteiger partial charge in [0.1, 0.15) is 5.82 Å². The van der Waals surface area contributed by atoms with E-state index in [0.29, 0.717) is 19.0 Å². The Labute approximate surface area is 165 Å². The lowest BCUT2D eigenvalue weighted by atomic mass is 10.1. The molecule has 0 atom stereocenters. The number of aryl methyl sites for hydroxylation is 1. The van der Waals surface area contributed by atoms with E-state index in [9.17, 15) is 8.42 Å². The van der Waals surface area contributed by atoms with Crippen molar-refractivity contribution in [2.24, 2.45) is 5.14 Å². The van der Waals surface area contributed by atoms with Gasteiger partial charge in [-0.2, -0.15) is 4.98 Å². The van der Waals surface area contributed by atoms with Crippen LogP contribution in [0.3, 0.4) is 0 Å². The summed E-state index contributed by atoms with van der Waals surface area (Å²) < 4.78 is 22.6. The van der Waals surface area contributed by atoms with E-state index in [1.54, 1.807) is 24.4 Å². The highest BCUT2D eigenvalue weighted by atomic mass is 32.2. The molecule has 28 heavy (non-hydrogen) atoms. The largest absolute Gasteiger partial charge is 0.370 e. The average Bonchev–Trinajstić information content (AvgIpc) is 2.68. The molecule has 0 aliphatic carbocycles. The third-order valence-electron chi connectivity index (χ3n) is 4.20. The van der Waals surface area contributed by atoms with Crippen molar-refractivity contribution in [2.75, 3.05) is 17.2 Å². The molecule has 0 unspecified atom stereocenters. The van der Waals surface area contributed by atoms with Gasteiger partial charge in [0, 0.05) is 19.3 Å². The van der Waals surface area contributed by atoms with E-state index in [2.05, 4.69) is 51.8 Å². The van der Waals surface area contributed by atoms with E-state index in [0.717, 1.165) is 23.4 Å². The second-order valence-corrected chi connectivity index (χ2v) is 8.03. The molecule has 0 spiro atoms. The van der Waals surface area contributed by atoms with E-state index < -0.39 is 10.0 Å². The maximum atomic E-state index is 11.3. The summed E-state index contributed by atoms with van der Waals surface area (Å²) in [7, 11) is -3.66. The first-order chi connectivity index (χ1) is 13.4. The predicted octanol–water partition coefficient (Wildman–Crippen LogP) is 2.70. The third kappa shape index (κ3) is 5.77. The lowest BCUT2D eigenvalue weighted by molar-refractivity contribution is 0.598. The number of benzene rings is 2. The molecular weight excluding hydrogens is 374 g/mol. The van der Waals surface area contributed by atoms with Gasteiger partial charge < -0.3 is 10.6 Å². The van der Waals surface area contributed by atoms with Gasteiger partial charge in [0.05, 0.1) is 4.90 Å². The lowest BCUT2D eigenvalue weighted by Gasteiger charge is -2.09. The van der Waals surface area contributed by atoms with Crippen LogP contribution >= 0.6 is 0 Å². The van der Waals surface area contributed by atoms with Gasteiger partial charge in [0.25, 0.3) is 0 Å². The van der Waals surface area contributed by atoms with Crippen molar-refractivity contribution in [3.8, 4) is 0 Å². The first kappa shape index (κ1) is 19.8. The Hall–Kier alpha value is -2.97.